The Bertz CT molecular complexity index is 5710. The number of carbonyl (C=O) groups is 14. The lowest BCUT2D eigenvalue weighted by atomic mass is 9.89. The first-order chi connectivity index (χ1) is 59.1. The molecule has 4 aromatic carbocycles. The molecule has 650 valence electrons. The lowest BCUT2D eigenvalue weighted by molar-refractivity contribution is -0.141. The molecule has 0 bridgehead atoms. The number of para-hydroxylation sites is 2. The number of nitrogens with two attached hydrogens (primary N) is 1. The van der Waals surface area contributed by atoms with Crippen LogP contribution >= 0.6 is 56.7 Å². The van der Waals surface area contributed by atoms with Crippen LogP contribution in [0.1, 0.15) is 164 Å². The maximum atomic E-state index is 14.0. The first-order valence-corrected chi connectivity index (χ1v) is 40.8. The average molecular weight is 1810 g/mol. The number of pyridine rings is 1. The Labute approximate surface area is 717 Å². The first-order valence-electron chi connectivity index (χ1n) is 36.5. The van der Waals surface area contributed by atoms with E-state index in [1.807, 2.05) is 70.5 Å². The highest BCUT2D eigenvalue weighted by Crippen LogP contribution is 2.34. The standard InChI is InChI=1S/C19H14N4O2S.C16H14F2N2O4S.C15H12F3N3O4S.C15H11F3N2O4S.C15H20N2O4S/c20-16(24)13-10-11-23(12-6-2-1-3-7-12)17(13)22-18(25)19-21-14-8-4-5-9-15(14)26-19;1-3-24-16(23)20-13(21)9-6-7-25-15(9)19-14(22)11-10(17)5-4-8(2)12(11)18;1-2-25-14(24)21-12(23)9-4-6-26-13(9)20-11(22)8-3-5-19-10(7-8)15(16,17)18;1-2-24-15(23)20-12(21)8-3-4-25-14(8)19-13(22)11-9(17)5-7(16)6-10(11)18;1-2-21-15(20)17-13(19)11-8-9-22-14(11)16-12(18)10-6-4-3-5-7-10/h1-11H,(H2,20,24)(H,22,25);4-7H,3H2,1-2H3,(H,19,22)(H,20,21,23);3-7H,2H2,1H3,(H,20,22)(H,21,23,24);3-6H,2H2,1H3,(H,19,22)(H,20,21,23);8-10H,2-7H2,1H3,(H,16,18)(H,17,19,20). The summed E-state index contributed by atoms with van der Waals surface area (Å²) < 4.78 is 127. The number of nitrogens with zero attached hydrogens (tertiary/aromatic N) is 3. The number of alkyl halides is 3. The molecule has 12 rings (SSSR count). The molecule has 1 fully saturated rings. The van der Waals surface area contributed by atoms with Gasteiger partial charge in [-0.3, -0.25) is 74.2 Å². The van der Waals surface area contributed by atoms with Crippen LogP contribution < -0.4 is 53.6 Å². The number of nitrogens with one attached hydrogen (secondary N) is 9. The van der Waals surface area contributed by atoms with Gasteiger partial charge < -0.3 is 55.8 Å². The molecule has 14 amide bonds. The van der Waals surface area contributed by atoms with Crippen molar-refractivity contribution in [3.63, 3.8) is 0 Å². The summed E-state index contributed by atoms with van der Waals surface area (Å²) in [6.07, 6.45) is -0.698. The van der Waals surface area contributed by atoms with Crippen molar-refractivity contribution in [2.75, 3.05) is 53.0 Å². The van der Waals surface area contributed by atoms with Crippen LogP contribution in [0, 0.1) is 41.9 Å². The van der Waals surface area contributed by atoms with E-state index in [1.165, 1.54) is 76.4 Å². The van der Waals surface area contributed by atoms with Crippen LogP contribution in [-0.2, 0) is 29.9 Å². The van der Waals surface area contributed by atoms with Crippen molar-refractivity contribution in [3.05, 3.63) is 245 Å². The smallest absolute Gasteiger partial charge is 0.433 e. The van der Waals surface area contributed by atoms with Gasteiger partial charge in [0, 0.05) is 41.7 Å². The third-order valence-corrected chi connectivity index (χ3v) is 20.8. The number of primary amides is 1. The van der Waals surface area contributed by atoms with Crippen LogP contribution in [0.5, 0.6) is 0 Å². The molecule has 11 N–H and O–H groups in total. The van der Waals surface area contributed by atoms with Gasteiger partial charge in [-0.25, -0.2) is 46.1 Å². The van der Waals surface area contributed by atoms with Crippen molar-refractivity contribution >= 4 is 176 Å². The number of fused-ring (bicyclic) bond motifs is 1. The summed E-state index contributed by atoms with van der Waals surface area (Å²) in [5.41, 5.74) is 4.27. The predicted molar refractivity (Wildman–Crippen MR) is 443 cm³/mol. The number of amides is 14. The molecule has 31 nitrogen and oxygen atoms in total. The molecule has 0 saturated heterocycles. The second kappa shape index (κ2) is 45.6. The highest BCUT2D eigenvalue weighted by molar-refractivity contribution is 7.20. The van der Waals surface area contributed by atoms with Gasteiger partial charge in [0.1, 0.15) is 71.7 Å². The molecule has 7 aromatic heterocycles. The number of thiazole rings is 1. The van der Waals surface area contributed by atoms with Crippen molar-refractivity contribution in [3.8, 4) is 5.69 Å². The maximum absolute atomic E-state index is 14.0. The predicted octanol–water partition coefficient (Wildman–Crippen LogP) is 16.7. The molecular weight excluding hydrogens is 1740 g/mol. The number of halogens is 8. The number of rotatable bonds is 20. The molecule has 44 heteroatoms. The Kier molecular flexibility index (Phi) is 35.1. The van der Waals surface area contributed by atoms with E-state index in [4.69, 9.17) is 5.73 Å². The van der Waals surface area contributed by atoms with E-state index < -0.39 is 124 Å². The summed E-state index contributed by atoms with van der Waals surface area (Å²) in [5, 5.41) is 27.3. The summed E-state index contributed by atoms with van der Waals surface area (Å²) >= 11 is 5.39. The first kappa shape index (κ1) is 95.5. The Balaban J connectivity index is 0.000000192. The van der Waals surface area contributed by atoms with E-state index in [0.29, 0.717) is 34.0 Å². The fraction of sp³-hybridized carbons (Fsp3) is 0.200. The van der Waals surface area contributed by atoms with E-state index >= 15 is 0 Å². The van der Waals surface area contributed by atoms with Crippen molar-refractivity contribution in [1.82, 2.24) is 35.8 Å². The minimum atomic E-state index is -4.69. The number of anilines is 5. The van der Waals surface area contributed by atoms with Gasteiger partial charge in [0.15, 0.2) is 5.01 Å². The van der Waals surface area contributed by atoms with Crippen LogP contribution in [0.2, 0.25) is 0 Å². The van der Waals surface area contributed by atoms with Gasteiger partial charge in [-0.2, -0.15) is 13.2 Å². The fourth-order valence-electron chi connectivity index (χ4n) is 10.8. The number of ether oxygens (including phenoxy) is 4. The van der Waals surface area contributed by atoms with E-state index in [9.17, 15) is 102 Å². The van der Waals surface area contributed by atoms with Gasteiger partial charge >= 0.3 is 30.5 Å². The number of hydrogen-bond donors (Lipinski definition) is 10. The van der Waals surface area contributed by atoms with Gasteiger partial charge in [0.05, 0.1) is 64.5 Å². The van der Waals surface area contributed by atoms with Crippen molar-refractivity contribution in [2.45, 2.75) is 72.9 Å². The molecule has 0 atom stereocenters. The minimum absolute atomic E-state index is 0.0109. The number of carbonyl (C=O) groups excluding carboxylic acids is 14. The largest absolute Gasteiger partial charge is 0.450 e. The van der Waals surface area contributed by atoms with Crippen LogP contribution in [-0.4, -0.2) is 124 Å². The number of alkyl carbamates (subject to hydrolysis) is 4. The van der Waals surface area contributed by atoms with E-state index in [-0.39, 0.29) is 98.1 Å². The molecule has 1 aliphatic rings. The van der Waals surface area contributed by atoms with Gasteiger partial charge in [-0.05, 0) is 147 Å². The van der Waals surface area contributed by atoms with E-state index in [2.05, 4.69) is 60.8 Å². The quantitative estimate of drug-likeness (QED) is 0.0250. The van der Waals surface area contributed by atoms with Gasteiger partial charge in [-0.1, -0.05) is 55.7 Å². The van der Waals surface area contributed by atoms with Crippen molar-refractivity contribution in [2.24, 2.45) is 11.7 Å². The SMILES string of the molecule is CCOC(=O)NC(=O)c1ccsc1NC(=O)C1CCCCC1.CCOC(=O)NC(=O)c1ccsc1NC(=O)c1c(F)cc(F)cc1F.CCOC(=O)NC(=O)c1ccsc1NC(=O)c1c(F)ccc(C)c1F.CCOC(=O)NC(=O)c1ccsc1NC(=O)c1ccnc(C(F)(F)F)c1.NC(=O)c1ccn(-c2ccccc2)c1NC(=O)c1nc2ccccc2s1. The lowest BCUT2D eigenvalue weighted by Gasteiger charge is -2.20. The van der Waals surface area contributed by atoms with Gasteiger partial charge in [0.2, 0.25) is 5.91 Å². The zero-order valence-electron chi connectivity index (χ0n) is 65.3. The summed E-state index contributed by atoms with van der Waals surface area (Å²) in [5.74, 6) is -12.8. The monoisotopic (exact) mass is 1810 g/mol. The molecule has 0 spiro atoms. The fourth-order valence-corrected chi connectivity index (χ4v) is 14.8. The number of thiophene rings is 4. The number of aromatic nitrogens is 3. The molecule has 1 aliphatic carbocycles. The van der Waals surface area contributed by atoms with Crippen molar-refractivity contribution in [1.29, 1.82) is 0 Å². The van der Waals surface area contributed by atoms with E-state index in [0.717, 1.165) is 93.9 Å². The number of benzene rings is 4. The third-order valence-electron chi connectivity index (χ3n) is 16.5. The molecule has 124 heavy (non-hydrogen) atoms. The summed E-state index contributed by atoms with van der Waals surface area (Å²) in [7, 11) is 0. The van der Waals surface area contributed by atoms with Crippen LogP contribution in [0.3, 0.4) is 0 Å². The van der Waals surface area contributed by atoms with Crippen LogP contribution in [0.4, 0.5) is 80.1 Å². The summed E-state index contributed by atoms with van der Waals surface area (Å²) in [6, 6.07) is 28.7. The average Bonchev–Trinajstić information content (AvgIpc) is 1.60. The van der Waals surface area contributed by atoms with Gasteiger partial charge in [0.25, 0.3) is 53.2 Å². The normalized spacial score (nSPS) is 11.4. The molecule has 0 unspecified atom stereocenters. The number of imide groups is 4. The number of aryl methyl sites for hydroxylation is 1. The van der Waals surface area contributed by atoms with E-state index in [1.54, 1.807) is 56.0 Å². The molecular formula is C80H71F8N13O18S5. The Morgan fingerprint density at radius 2 is 0.919 bits per heavy atom. The van der Waals surface area contributed by atoms with Crippen LogP contribution in [0.15, 0.2) is 155 Å². The third kappa shape index (κ3) is 26.8. The molecule has 7 heterocycles. The second-order valence-electron chi connectivity index (χ2n) is 24.9. The molecule has 11 aromatic rings. The summed E-state index contributed by atoms with van der Waals surface area (Å²) in [4.78, 5) is 174. The molecule has 1 saturated carbocycles. The Morgan fingerprint density at radius 3 is 1.37 bits per heavy atom. The maximum Gasteiger partial charge on any atom is 0.433 e. The van der Waals surface area contributed by atoms with Gasteiger partial charge in [-0.15, -0.1) is 56.7 Å². The van der Waals surface area contributed by atoms with Crippen molar-refractivity contribution < 1.29 is 121 Å². The lowest BCUT2D eigenvalue weighted by Crippen LogP contribution is -2.32. The summed E-state index contributed by atoms with van der Waals surface area (Å²) in [6.45, 7) is 8.12. The Hall–Kier alpha value is -14.0. The zero-order chi connectivity index (χ0) is 90.5. The topological polar surface area (TPSA) is 441 Å². The minimum Gasteiger partial charge on any atom is -0.450 e. The zero-order valence-corrected chi connectivity index (χ0v) is 69.4. The highest BCUT2D eigenvalue weighted by Gasteiger charge is 2.34. The molecule has 0 aliphatic heterocycles. The second-order valence-corrected chi connectivity index (χ2v) is 29.5. The Morgan fingerprint density at radius 1 is 0.476 bits per heavy atom. The van der Waals surface area contributed by atoms with Crippen LogP contribution in [0.25, 0.3) is 15.9 Å². The highest BCUT2D eigenvalue weighted by atomic mass is 32.1. The molecule has 0 radical (unpaired) electrons. The number of hydrogen-bond acceptors (Lipinski definition) is 25.